The fraction of sp³-hybridized carbons (Fsp3) is 0.273. The predicted octanol–water partition coefficient (Wildman–Crippen LogP) is 2.96. The minimum Gasteiger partial charge on any atom is -0.366 e. The zero-order chi connectivity index (χ0) is 18.8. The molecule has 0 bridgehead atoms. The Hall–Kier alpha value is -2.92. The number of hydrogen-bond donors (Lipinski definition) is 1. The minimum atomic E-state index is -0.441. The van der Waals surface area contributed by atoms with Crippen LogP contribution in [-0.2, 0) is 6.54 Å². The van der Waals surface area contributed by atoms with Gasteiger partial charge in [0.25, 0.3) is 0 Å². The van der Waals surface area contributed by atoms with Crippen LogP contribution in [0.4, 0.5) is 5.82 Å². The van der Waals surface area contributed by atoms with Gasteiger partial charge in [-0.1, -0.05) is 36.4 Å². The lowest BCUT2D eigenvalue weighted by atomic mass is 10.0. The lowest BCUT2D eigenvalue weighted by molar-refractivity contribution is 0.1000. The second kappa shape index (κ2) is 7.37. The summed E-state index contributed by atoms with van der Waals surface area (Å²) in [6.45, 7) is 6.95. The molecule has 0 unspecified atom stereocenters. The Kier molecular flexibility index (Phi) is 4.77. The van der Waals surface area contributed by atoms with Crippen LogP contribution in [0.5, 0.6) is 0 Å². The average molecular weight is 360 g/mol. The van der Waals surface area contributed by atoms with Crippen molar-refractivity contribution in [2.24, 2.45) is 5.73 Å². The van der Waals surface area contributed by atoms with Gasteiger partial charge in [-0.2, -0.15) is 0 Å². The van der Waals surface area contributed by atoms with Crippen LogP contribution < -0.4 is 10.6 Å². The van der Waals surface area contributed by atoms with E-state index in [9.17, 15) is 4.79 Å². The highest BCUT2D eigenvalue weighted by molar-refractivity contribution is 5.92. The zero-order valence-electron chi connectivity index (χ0n) is 15.6. The molecule has 1 aliphatic rings. The van der Waals surface area contributed by atoms with Crippen molar-refractivity contribution in [3.8, 4) is 0 Å². The number of benzene rings is 2. The molecule has 1 saturated heterocycles. The number of aryl methyl sites for hydroxylation is 1. The molecule has 0 aliphatic carbocycles. The summed E-state index contributed by atoms with van der Waals surface area (Å²) in [6, 6.07) is 16.7. The van der Waals surface area contributed by atoms with Gasteiger partial charge in [-0.25, -0.2) is 4.98 Å². The number of hydrogen-bond acceptors (Lipinski definition) is 4. The van der Waals surface area contributed by atoms with E-state index in [1.165, 1.54) is 21.9 Å². The molecule has 138 valence electrons. The number of nitrogens with zero attached hydrogens (tertiary/aromatic N) is 3. The summed E-state index contributed by atoms with van der Waals surface area (Å²) in [7, 11) is 0. The molecule has 0 saturated carbocycles. The SMILES string of the molecule is Cc1cccc2c(CN3CCN(c4ccc(C(N)=O)cn4)CC3)cccc12. The number of carbonyl (C=O) groups is 1. The third-order valence-corrected chi connectivity index (χ3v) is 5.35. The van der Waals surface area contributed by atoms with E-state index < -0.39 is 5.91 Å². The van der Waals surface area contributed by atoms with E-state index >= 15 is 0 Å². The van der Waals surface area contributed by atoms with Crippen LogP contribution in [-0.4, -0.2) is 42.0 Å². The summed E-state index contributed by atoms with van der Waals surface area (Å²) < 4.78 is 0. The molecule has 3 aromatic rings. The first kappa shape index (κ1) is 17.5. The van der Waals surface area contributed by atoms with Crippen molar-refractivity contribution in [1.82, 2.24) is 9.88 Å². The smallest absolute Gasteiger partial charge is 0.250 e. The molecule has 0 radical (unpaired) electrons. The Balaban J connectivity index is 1.43. The van der Waals surface area contributed by atoms with E-state index in [0.717, 1.165) is 38.5 Å². The highest BCUT2D eigenvalue weighted by atomic mass is 16.1. The highest BCUT2D eigenvalue weighted by Gasteiger charge is 2.19. The van der Waals surface area contributed by atoms with Crippen molar-refractivity contribution in [3.63, 3.8) is 0 Å². The Bertz CT molecular complexity index is 960. The maximum Gasteiger partial charge on any atom is 0.250 e. The lowest BCUT2D eigenvalue weighted by Crippen LogP contribution is -2.46. The summed E-state index contributed by atoms with van der Waals surface area (Å²) in [4.78, 5) is 20.3. The number of aromatic nitrogens is 1. The normalized spacial score (nSPS) is 15.2. The van der Waals surface area contributed by atoms with Crippen molar-refractivity contribution in [2.75, 3.05) is 31.1 Å². The van der Waals surface area contributed by atoms with Gasteiger partial charge >= 0.3 is 0 Å². The molecule has 0 atom stereocenters. The molecule has 2 N–H and O–H groups in total. The van der Waals surface area contributed by atoms with E-state index in [4.69, 9.17) is 5.73 Å². The van der Waals surface area contributed by atoms with Gasteiger partial charge in [0.1, 0.15) is 5.82 Å². The number of fused-ring (bicyclic) bond motifs is 1. The molecular weight excluding hydrogens is 336 g/mol. The summed E-state index contributed by atoms with van der Waals surface area (Å²) in [6.07, 6.45) is 1.56. The van der Waals surface area contributed by atoms with Crippen molar-refractivity contribution in [2.45, 2.75) is 13.5 Å². The first-order chi connectivity index (χ1) is 13.1. The number of anilines is 1. The van der Waals surface area contributed by atoms with Crippen molar-refractivity contribution in [3.05, 3.63) is 71.4 Å². The van der Waals surface area contributed by atoms with Crippen LogP contribution in [0.25, 0.3) is 10.8 Å². The van der Waals surface area contributed by atoms with Crippen LogP contribution in [0.1, 0.15) is 21.5 Å². The molecule has 1 aliphatic heterocycles. The maximum atomic E-state index is 11.2. The van der Waals surface area contributed by atoms with Gasteiger partial charge in [-0.3, -0.25) is 9.69 Å². The number of carbonyl (C=O) groups excluding carboxylic acids is 1. The quantitative estimate of drug-likeness (QED) is 0.777. The molecule has 4 rings (SSSR count). The number of piperazine rings is 1. The molecule has 2 aromatic carbocycles. The molecule has 5 heteroatoms. The van der Waals surface area contributed by atoms with Gasteiger partial charge in [-0.05, 0) is 41.0 Å². The van der Waals surface area contributed by atoms with E-state index in [-0.39, 0.29) is 0 Å². The molecule has 27 heavy (non-hydrogen) atoms. The number of pyridine rings is 1. The van der Waals surface area contributed by atoms with Gasteiger partial charge in [0.05, 0.1) is 5.56 Å². The molecule has 5 nitrogen and oxygen atoms in total. The van der Waals surface area contributed by atoms with Crippen molar-refractivity contribution < 1.29 is 4.79 Å². The first-order valence-electron chi connectivity index (χ1n) is 9.32. The summed E-state index contributed by atoms with van der Waals surface area (Å²) in [5, 5.41) is 2.69. The largest absolute Gasteiger partial charge is 0.366 e. The number of amides is 1. The van der Waals surface area contributed by atoms with Crippen molar-refractivity contribution >= 4 is 22.5 Å². The Morgan fingerprint density at radius 3 is 2.44 bits per heavy atom. The fourth-order valence-electron chi connectivity index (χ4n) is 3.76. The van der Waals surface area contributed by atoms with Crippen LogP contribution >= 0.6 is 0 Å². The summed E-state index contributed by atoms with van der Waals surface area (Å²) in [5.74, 6) is 0.463. The molecule has 1 fully saturated rings. The van der Waals surface area contributed by atoms with Crippen molar-refractivity contribution in [1.29, 1.82) is 0 Å². The second-order valence-corrected chi connectivity index (χ2v) is 7.12. The van der Waals surface area contributed by atoms with Gasteiger partial charge in [0.15, 0.2) is 0 Å². The maximum absolute atomic E-state index is 11.2. The third kappa shape index (κ3) is 3.64. The fourth-order valence-corrected chi connectivity index (χ4v) is 3.76. The van der Waals surface area contributed by atoms with Gasteiger partial charge in [0.2, 0.25) is 5.91 Å². The van der Waals surface area contributed by atoms with Crippen LogP contribution in [0.15, 0.2) is 54.7 Å². The van der Waals surface area contributed by atoms with E-state index in [1.807, 2.05) is 6.07 Å². The summed E-state index contributed by atoms with van der Waals surface area (Å²) >= 11 is 0. The standard InChI is InChI=1S/C22H24N4O/c1-16-4-2-7-20-18(5-3-6-19(16)20)15-25-10-12-26(13-11-25)21-9-8-17(14-24-21)22(23)27/h2-9,14H,10-13,15H2,1H3,(H2,23,27). The number of rotatable bonds is 4. The number of primary amides is 1. The Morgan fingerprint density at radius 2 is 1.74 bits per heavy atom. The Labute approximate surface area is 159 Å². The molecule has 2 heterocycles. The van der Waals surface area contributed by atoms with E-state index in [2.05, 4.69) is 58.1 Å². The van der Waals surface area contributed by atoms with Crippen LogP contribution in [0.3, 0.4) is 0 Å². The van der Waals surface area contributed by atoms with E-state index in [1.54, 1.807) is 12.3 Å². The average Bonchev–Trinajstić information content (AvgIpc) is 2.69. The first-order valence-corrected chi connectivity index (χ1v) is 9.32. The van der Waals surface area contributed by atoms with Crippen LogP contribution in [0, 0.1) is 6.92 Å². The monoisotopic (exact) mass is 360 g/mol. The van der Waals surface area contributed by atoms with E-state index in [0.29, 0.717) is 5.56 Å². The van der Waals surface area contributed by atoms with Gasteiger partial charge in [-0.15, -0.1) is 0 Å². The van der Waals surface area contributed by atoms with Gasteiger partial charge < -0.3 is 10.6 Å². The minimum absolute atomic E-state index is 0.441. The molecule has 1 aromatic heterocycles. The van der Waals surface area contributed by atoms with Gasteiger partial charge in [0, 0.05) is 38.9 Å². The summed E-state index contributed by atoms with van der Waals surface area (Å²) in [5.41, 5.74) is 8.44. The zero-order valence-corrected chi connectivity index (χ0v) is 15.6. The molecular formula is C22H24N4O. The van der Waals surface area contributed by atoms with Crippen LogP contribution in [0.2, 0.25) is 0 Å². The molecule has 0 spiro atoms. The predicted molar refractivity (Wildman–Crippen MR) is 109 cm³/mol. The Morgan fingerprint density at radius 1 is 1.00 bits per heavy atom. The second-order valence-electron chi connectivity index (χ2n) is 7.12. The third-order valence-electron chi connectivity index (χ3n) is 5.35. The topological polar surface area (TPSA) is 62.5 Å². The number of nitrogens with two attached hydrogens (primary N) is 1. The lowest BCUT2D eigenvalue weighted by Gasteiger charge is -2.35. The molecule has 1 amide bonds. The highest BCUT2D eigenvalue weighted by Crippen LogP contribution is 2.24.